The number of carbonyl (C=O) groups excluding carboxylic acids is 1. The summed E-state index contributed by atoms with van der Waals surface area (Å²) in [5, 5.41) is 0. The van der Waals surface area contributed by atoms with Crippen LogP contribution in [0, 0.1) is 11.8 Å². The number of likely N-dealkylation sites (tertiary alicyclic amines) is 2. The molecule has 0 bridgehead atoms. The molecule has 2 aliphatic rings. The Kier molecular flexibility index (Phi) is 5.95. The highest BCUT2D eigenvalue weighted by atomic mass is 16.2. The van der Waals surface area contributed by atoms with Gasteiger partial charge in [-0.3, -0.25) is 9.79 Å². The predicted molar refractivity (Wildman–Crippen MR) is 101 cm³/mol. The lowest BCUT2D eigenvalue weighted by Crippen LogP contribution is -2.42. The van der Waals surface area contributed by atoms with E-state index in [1.165, 1.54) is 18.4 Å². The molecule has 1 aromatic carbocycles. The van der Waals surface area contributed by atoms with Crippen LogP contribution >= 0.6 is 0 Å². The lowest BCUT2D eigenvalue weighted by atomic mass is 10.00. The topological polar surface area (TPSA) is 61.9 Å². The minimum atomic E-state index is 0.251. The molecular formula is C20H30N4O. The van der Waals surface area contributed by atoms with Gasteiger partial charge in [0, 0.05) is 45.1 Å². The zero-order valence-electron chi connectivity index (χ0n) is 15.2. The number of hydrogen-bond donors (Lipinski definition) is 1. The summed E-state index contributed by atoms with van der Waals surface area (Å²) in [6.07, 6.45) is 3.88. The van der Waals surface area contributed by atoms with Crippen molar-refractivity contribution in [3.63, 3.8) is 0 Å². The molecule has 0 aromatic heterocycles. The molecule has 136 valence electrons. The highest BCUT2D eigenvalue weighted by Gasteiger charge is 2.29. The molecule has 1 atom stereocenters. The molecule has 1 amide bonds. The predicted octanol–water partition coefficient (Wildman–Crippen LogP) is 2.12. The Balaban J connectivity index is 1.45. The van der Waals surface area contributed by atoms with E-state index < -0.39 is 0 Å². The van der Waals surface area contributed by atoms with Crippen molar-refractivity contribution in [1.82, 2.24) is 9.80 Å². The average Bonchev–Trinajstić information content (AvgIpc) is 2.99. The first kappa shape index (κ1) is 17.8. The number of hydrogen-bond acceptors (Lipinski definition) is 2. The van der Waals surface area contributed by atoms with Crippen LogP contribution in [-0.2, 0) is 11.2 Å². The minimum Gasteiger partial charge on any atom is -0.370 e. The molecule has 25 heavy (non-hydrogen) atoms. The fraction of sp³-hybridized carbons (Fsp3) is 0.600. The van der Waals surface area contributed by atoms with E-state index in [9.17, 15) is 4.79 Å². The van der Waals surface area contributed by atoms with Gasteiger partial charge in [-0.1, -0.05) is 37.3 Å². The van der Waals surface area contributed by atoms with Crippen LogP contribution in [0.25, 0.3) is 0 Å². The van der Waals surface area contributed by atoms with Gasteiger partial charge in [-0.2, -0.15) is 0 Å². The van der Waals surface area contributed by atoms with E-state index in [-0.39, 0.29) is 5.91 Å². The van der Waals surface area contributed by atoms with Gasteiger partial charge in [-0.15, -0.1) is 0 Å². The average molecular weight is 342 g/mol. The van der Waals surface area contributed by atoms with E-state index in [2.05, 4.69) is 28.9 Å². The summed E-state index contributed by atoms with van der Waals surface area (Å²) in [7, 11) is 0. The Morgan fingerprint density at radius 1 is 1.24 bits per heavy atom. The van der Waals surface area contributed by atoms with Gasteiger partial charge < -0.3 is 15.5 Å². The number of amides is 1. The van der Waals surface area contributed by atoms with Gasteiger partial charge in [-0.05, 0) is 30.7 Å². The first-order valence-electron chi connectivity index (χ1n) is 9.48. The molecule has 2 N–H and O–H groups in total. The Morgan fingerprint density at radius 2 is 1.96 bits per heavy atom. The van der Waals surface area contributed by atoms with Gasteiger partial charge in [0.2, 0.25) is 5.91 Å². The smallest absolute Gasteiger partial charge is 0.223 e. The molecule has 0 saturated carbocycles. The Hall–Kier alpha value is -2.04. The number of rotatable bonds is 5. The Bertz CT molecular complexity index is 593. The molecule has 0 unspecified atom stereocenters. The normalized spacial score (nSPS) is 22.7. The third kappa shape index (κ3) is 4.97. The van der Waals surface area contributed by atoms with Crippen molar-refractivity contribution in [2.24, 2.45) is 22.6 Å². The van der Waals surface area contributed by atoms with Crippen molar-refractivity contribution < 1.29 is 4.79 Å². The Labute approximate surface area is 150 Å². The number of piperidine rings is 1. The maximum absolute atomic E-state index is 12.2. The zero-order chi connectivity index (χ0) is 17.6. The SMILES string of the molecule is CC1CCN(C(N)=NC[C@H]2CC(=O)N(CCc3ccccc3)C2)CC1. The zero-order valence-corrected chi connectivity index (χ0v) is 15.2. The lowest BCUT2D eigenvalue weighted by Gasteiger charge is -2.31. The first-order valence-corrected chi connectivity index (χ1v) is 9.48. The number of guanidine groups is 1. The molecule has 2 saturated heterocycles. The molecule has 0 aliphatic carbocycles. The van der Waals surface area contributed by atoms with Gasteiger partial charge >= 0.3 is 0 Å². The number of nitrogens with zero attached hydrogens (tertiary/aromatic N) is 3. The molecular weight excluding hydrogens is 312 g/mol. The van der Waals surface area contributed by atoms with Crippen LogP contribution < -0.4 is 5.73 Å². The van der Waals surface area contributed by atoms with Crippen molar-refractivity contribution >= 4 is 11.9 Å². The standard InChI is InChI=1S/C20H30N4O/c1-16-7-10-23(11-8-16)20(21)22-14-18-13-19(25)24(15-18)12-9-17-5-3-2-4-6-17/h2-6,16,18H,7-15H2,1H3,(H2,21,22)/t18-/m1/s1. The Morgan fingerprint density at radius 3 is 2.68 bits per heavy atom. The van der Waals surface area contributed by atoms with Gasteiger partial charge in [0.05, 0.1) is 0 Å². The molecule has 2 heterocycles. The molecule has 5 nitrogen and oxygen atoms in total. The van der Waals surface area contributed by atoms with Gasteiger partial charge in [0.1, 0.15) is 0 Å². The van der Waals surface area contributed by atoms with E-state index in [1.807, 2.05) is 23.1 Å². The second-order valence-corrected chi connectivity index (χ2v) is 7.51. The van der Waals surface area contributed by atoms with Crippen LogP contribution in [0.1, 0.15) is 31.7 Å². The quantitative estimate of drug-likeness (QED) is 0.659. The monoisotopic (exact) mass is 342 g/mol. The maximum Gasteiger partial charge on any atom is 0.223 e. The summed E-state index contributed by atoms with van der Waals surface area (Å²) in [6, 6.07) is 10.3. The van der Waals surface area contributed by atoms with Crippen molar-refractivity contribution in [3.05, 3.63) is 35.9 Å². The van der Waals surface area contributed by atoms with Crippen molar-refractivity contribution in [2.45, 2.75) is 32.6 Å². The van der Waals surface area contributed by atoms with Gasteiger partial charge in [-0.25, -0.2) is 0 Å². The molecule has 5 heteroatoms. The summed E-state index contributed by atoms with van der Waals surface area (Å²) < 4.78 is 0. The van der Waals surface area contributed by atoms with Crippen molar-refractivity contribution in [1.29, 1.82) is 0 Å². The summed E-state index contributed by atoms with van der Waals surface area (Å²) >= 11 is 0. The van der Waals surface area contributed by atoms with Crippen LogP contribution in [0.4, 0.5) is 0 Å². The van der Waals surface area contributed by atoms with E-state index in [4.69, 9.17) is 5.73 Å². The summed E-state index contributed by atoms with van der Waals surface area (Å²) in [5.74, 6) is 1.99. The summed E-state index contributed by atoms with van der Waals surface area (Å²) in [4.78, 5) is 21.0. The van der Waals surface area contributed by atoms with Gasteiger partial charge in [0.15, 0.2) is 5.96 Å². The number of nitrogens with two attached hydrogens (primary N) is 1. The highest BCUT2D eigenvalue weighted by Crippen LogP contribution is 2.19. The molecule has 3 rings (SSSR count). The van der Waals surface area contributed by atoms with E-state index >= 15 is 0 Å². The van der Waals surface area contributed by atoms with Crippen LogP contribution in [-0.4, -0.2) is 54.4 Å². The van der Waals surface area contributed by atoms with E-state index in [1.54, 1.807) is 0 Å². The van der Waals surface area contributed by atoms with E-state index in [0.717, 1.165) is 38.5 Å². The first-order chi connectivity index (χ1) is 12.1. The van der Waals surface area contributed by atoms with E-state index in [0.29, 0.717) is 24.8 Å². The lowest BCUT2D eigenvalue weighted by molar-refractivity contribution is -0.127. The summed E-state index contributed by atoms with van der Waals surface area (Å²) in [6.45, 7) is 6.55. The van der Waals surface area contributed by atoms with Crippen molar-refractivity contribution in [3.8, 4) is 0 Å². The fourth-order valence-corrected chi connectivity index (χ4v) is 3.66. The molecule has 0 spiro atoms. The number of carbonyl (C=O) groups is 1. The maximum atomic E-state index is 12.2. The number of aliphatic imine (C=N–C) groups is 1. The van der Waals surface area contributed by atoms with Crippen LogP contribution in [0.5, 0.6) is 0 Å². The fourth-order valence-electron chi connectivity index (χ4n) is 3.66. The highest BCUT2D eigenvalue weighted by molar-refractivity contribution is 5.79. The van der Waals surface area contributed by atoms with Gasteiger partial charge in [0.25, 0.3) is 0 Å². The van der Waals surface area contributed by atoms with Crippen LogP contribution in [0.3, 0.4) is 0 Å². The second-order valence-electron chi connectivity index (χ2n) is 7.51. The van der Waals surface area contributed by atoms with Crippen molar-refractivity contribution in [2.75, 3.05) is 32.7 Å². The molecule has 0 radical (unpaired) electrons. The van der Waals surface area contributed by atoms with Crippen LogP contribution in [0.2, 0.25) is 0 Å². The molecule has 1 aromatic rings. The van der Waals surface area contributed by atoms with Crippen LogP contribution in [0.15, 0.2) is 35.3 Å². The minimum absolute atomic E-state index is 0.251. The molecule has 2 aliphatic heterocycles. The summed E-state index contributed by atoms with van der Waals surface area (Å²) in [5.41, 5.74) is 7.43. The second kappa shape index (κ2) is 8.37. The molecule has 2 fully saturated rings. The third-order valence-electron chi connectivity index (χ3n) is 5.43. The third-order valence-corrected chi connectivity index (χ3v) is 5.43. The number of benzene rings is 1. The largest absolute Gasteiger partial charge is 0.370 e.